The van der Waals surface area contributed by atoms with Gasteiger partial charge in [-0.2, -0.15) is 0 Å². The summed E-state index contributed by atoms with van der Waals surface area (Å²) in [6.45, 7) is 1.19. The molecule has 0 N–H and O–H groups in total. The van der Waals surface area contributed by atoms with Crippen LogP contribution in [0.5, 0.6) is 0 Å². The number of likely N-dealkylation sites (N-methyl/N-ethyl adjacent to an activating group) is 1. The van der Waals surface area contributed by atoms with Gasteiger partial charge >= 0.3 is 0 Å². The Kier molecular flexibility index (Phi) is 2.38. The summed E-state index contributed by atoms with van der Waals surface area (Å²) < 4.78 is 0. The molecule has 0 saturated carbocycles. The van der Waals surface area contributed by atoms with Crippen molar-refractivity contribution in [3.05, 3.63) is 35.9 Å². The van der Waals surface area contributed by atoms with E-state index >= 15 is 0 Å². The fourth-order valence-electron chi connectivity index (χ4n) is 1.48. The van der Waals surface area contributed by atoms with Crippen molar-refractivity contribution in [2.75, 3.05) is 19.5 Å². The summed E-state index contributed by atoms with van der Waals surface area (Å²) in [7, 11) is 2.18. The first kappa shape index (κ1) is 8.14. The molecule has 0 bridgehead atoms. The topological polar surface area (TPSA) is 3.24 Å². The van der Waals surface area contributed by atoms with Crippen molar-refractivity contribution in [2.24, 2.45) is 0 Å². The Morgan fingerprint density at radius 3 is 2.67 bits per heavy atom. The molecule has 2 rings (SSSR count). The Morgan fingerprint density at radius 1 is 1.33 bits per heavy atom. The smallest absolute Gasteiger partial charge is 0.0448 e. The zero-order valence-electron chi connectivity index (χ0n) is 7.23. The Labute approximate surface area is 77.8 Å². The van der Waals surface area contributed by atoms with Gasteiger partial charge < -0.3 is 0 Å². The second-order valence-corrected chi connectivity index (χ2v) is 4.39. The summed E-state index contributed by atoms with van der Waals surface area (Å²) >= 11 is 2.03. The Balaban J connectivity index is 2.11. The van der Waals surface area contributed by atoms with Crippen LogP contribution >= 0.6 is 11.8 Å². The molecule has 1 aromatic carbocycles. The first-order chi connectivity index (χ1) is 5.86. The fourth-order valence-corrected chi connectivity index (χ4v) is 2.72. The van der Waals surface area contributed by atoms with Crippen molar-refractivity contribution in [3.63, 3.8) is 0 Å². The third kappa shape index (κ3) is 1.65. The van der Waals surface area contributed by atoms with E-state index in [4.69, 9.17) is 0 Å². The molecule has 2 heteroatoms. The van der Waals surface area contributed by atoms with Crippen molar-refractivity contribution in [1.82, 2.24) is 4.90 Å². The molecule has 1 unspecified atom stereocenters. The molecule has 1 aromatic rings. The van der Waals surface area contributed by atoms with E-state index in [0.29, 0.717) is 5.25 Å². The van der Waals surface area contributed by atoms with Gasteiger partial charge in [-0.25, -0.2) is 0 Å². The van der Waals surface area contributed by atoms with E-state index in [1.54, 1.807) is 0 Å². The highest BCUT2D eigenvalue weighted by molar-refractivity contribution is 7.99. The summed E-state index contributed by atoms with van der Waals surface area (Å²) in [4.78, 5) is 2.36. The molecule has 1 nitrogen and oxygen atoms in total. The molecule has 0 amide bonds. The van der Waals surface area contributed by atoms with Gasteiger partial charge in [-0.05, 0) is 12.6 Å². The number of nitrogens with zero attached hydrogens (tertiary/aromatic N) is 1. The molecule has 1 saturated heterocycles. The van der Waals surface area contributed by atoms with Crippen LogP contribution in [0, 0.1) is 0 Å². The van der Waals surface area contributed by atoms with E-state index in [1.807, 2.05) is 11.8 Å². The van der Waals surface area contributed by atoms with Crippen molar-refractivity contribution in [3.8, 4) is 0 Å². The fraction of sp³-hybridized carbons (Fsp3) is 0.400. The number of rotatable bonds is 1. The maximum atomic E-state index is 2.36. The second kappa shape index (κ2) is 3.50. The lowest BCUT2D eigenvalue weighted by atomic mass is 10.1. The molecule has 1 aliphatic rings. The van der Waals surface area contributed by atoms with E-state index in [0.717, 1.165) is 0 Å². The van der Waals surface area contributed by atoms with Crippen molar-refractivity contribution >= 4 is 11.8 Å². The Hall–Kier alpha value is -0.470. The molecular weight excluding hydrogens is 166 g/mol. The van der Waals surface area contributed by atoms with Gasteiger partial charge in [0, 0.05) is 17.7 Å². The van der Waals surface area contributed by atoms with Crippen LogP contribution in [0.25, 0.3) is 0 Å². The maximum absolute atomic E-state index is 2.36. The molecule has 1 aliphatic heterocycles. The number of thioether (sulfide) groups is 1. The van der Waals surface area contributed by atoms with Gasteiger partial charge in [0.2, 0.25) is 0 Å². The van der Waals surface area contributed by atoms with Crippen LogP contribution in [0.4, 0.5) is 0 Å². The van der Waals surface area contributed by atoms with Gasteiger partial charge in [-0.1, -0.05) is 30.3 Å². The molecule has 0 radical (unpaired) electrons. The summed E-state index contributed by atoms with van der Waals surface area (Å²) in [6.07, 6.45) is 0. The lowest BCUT2D eigenvalue weighted by molar-refractivity contribution is 0.418. The van der Waals surface area contributed by atoms with Gasteiger partial charge in [-0.3, -0.25) is 4.90 Å². The quantitative estimate of drug-likeness (QED) is 0.651. The van der Waals surface area contributed by atoms with Crippen LogP contribution in [0.1, 0.15) is 10.8 Å². The Morgan fingerprint density at radius 2 is 2.08 bits per heavy atom. The molecule has 0 aromatic heterocycles. The van der Waals surface area contributed by atoms with Gasteiger partial charge in [0.1, 0.15) is 0 Å². The summed E-state index contributed by atoms with van der Waals surface area (Å²) in [5.74, 6) is 1.17. The zero-order chi connectivity index (χ0) is 8.39. The minimum absolute atomic E-state index is 0.691. The lowest BCUT2D eigenvalue weighted by Crippen LogP contribution is -2.13. The Bertz CT molecular complexity index is 247. The van der Waals surface area contributed by atoms with E-state index in [9.17, 15) is 0 Å². The summed E-state index contributed by atoms with van der Waals surface area (Å²) in [5, 5.41) is 0.691. The summed E-state index contributed by atoms with van der Waals surface area (Å²) in [6, 6.07) is 10.8. The van der Waals surface area contributed by atoms with Crippen LogP contribution in [0.2, 0.25) is 0 Å². The number of hydrogen-bond acceptors (Lipinski definition) is 2. The lowest BCUT2D eigenvalue weighted by Gasteiger charge is -2.08. The van der Waals surface area contributed by atoms with Crippen LogP contribution in [0.15, 0.2) is 30.3 Å². The average molecular weight is 179 g/mol. The van der Waals surface area contributed by atoms with E-state index < -0.39 is 0 Å². The van der Waals surface area contributed by atoms with Crippen molar-refractivity contribution in [2.45, 2.75) is 5.25 Å². The van der Waals surface area contributed by atoms with Gasteiger partial charge in [-0.15, -0.1) is 11.8 Å². The molecule has 1 heterocycles. The largest absolute Gasteiger partial charge is 0.296 e. The molecule has 64 valence electrons. The highest BCUT2D eigenvalue weighted by Gasteiger charge is 2.20. The molecule has 1 fully saturated rings. The molecule has 0 aliphatic carbocycles. The molecule has 12 heavy (non-hydrogen) atoms. The summed E-state index contributed by atoms with van der Waals surface area (Å²) in [5.41, 5.74) is 1.46. The predicted molar refractivity (Wildman–Crippen MR) is 54.3 cm³/mol. The monoisotopic (exact) mass is 179 g/mol. The van der Waals surface area contributed by atoms with Crippen LogP contribution in [-0.4, -0.2) is 24.4 Å². The van der Waals surface area contributed by atoms with E-state index in [2.05, 4.69) is 42.3 Å². The highest BCUT2D eigenvalue weighted by Crippen LogP contribution is 2.34. The minimum Gasteiger partial charge on any atom is -0.296 e. The highest BCUT2D eigenvalue weighted by atomic mass is 32.2. The van der Waals surface area contributed by atoms with Crippen molar-refractivity contribution < 1.29 is 0 Å². The molecule has 0 spiro atoms. The standard InChI is InChI=1S/C10H13NS/c1-11-7-10(12-8-11)9-5-3-2-4-6-9/h2-6,10H,7-8H2,1H3. The molecular formula is C10H13NS. The average Bonchev–Trinajstić information content (AvgIpc) is 2.54. The van der Waals surface area contributed by atoms with E-state index in [-0.39, 0.29) is 0 Å². The number of hydrogen-bond donors (Lipinski definition) is 0. The second-order valence-electron chi connectivity index (χ2n) is 3.23. The van der Waals surface area contributed by atoms with Crippen LogP contribution < -0.4 is 0 Å². The first-order valence-electron chi connectivity index (χ1n) is 4.21. The van der Waals surface area contributed by atoms with Gasteiger partial charge in [0.25, 0.3) is 0 Å². The third-order valence-electron chi connectivity index (χ3n) is 2.14. The van der Waals surface area contributed by atoms with Crippen LogP contribution in [-0.2, 0) is 0 Å². The van der Waals surface area contributed by atoms with E-state index in [1.165, 1.54) is 18.0 Å². The predicted octanol–water partition coefficient (Wildman–Crippen LogP) is 2.36. The van der Waals surface area contributed by atoms with Gasteiger partial charge in [0.15, 0.2) is 0 Å². The minimum atomic E-state index is 0.691. The first-order valence-corrected chi connectivity index (χ1v) is 5.26. The molecule has 1 atom stereocenters. The number of benzene rings is 1. The normalized spacial score (nSPS) is 24.6. The zero-order valence-corrected chi connectivity index (χ0v) is 8.05. The maximum Gasteiger partial charge on any atom is 0.0448 e. The van der Waals surface area contributed by atoms with Crippen molar-refractivity contribution in [1.29, 1.82) is 0 Å². The van der Waals surface area contributed by atoms with Crippen LogP contribution in [0.3, 0.4) is 0 Å². The van der Waals surface area contributed by atoms with Gasteiger partial charge in [0.05, 0.1) is 0 Å². The SMILES string of the molecule is CN1CSC(c2ccccc2)C1. The third-order valence-corrected chi connectivity index (χ3v) is 3.56.